The largest absolute Gasteiger partial charge is 0.327 e. The Labute approximate surface area is 83.5 Å². The van der Waals surface area contributed by atoms with E-state index < -0.39 is 0 Å². The van der Waals surface area contributed by atoms with Crippen LogP contribution in [0.1, 0.15) is 19.8 Å². The number of amides is 1. The maximum Gasteiger partial charge on any atom is 0.227 e. The van der Waals surface area contributed by atoms with Crippen molar-refractivity contribution in [2.75, 3.05) is 5.32 Å². The highest BCUT2D eigenvalue weighted by atomic mass is 16.1. The molecule has 76 valence electrons. The van der Waals surface area contributed by atoms with Gasteiger partial charge in [0.25, 0.3) is 0 Å². The number of nitrogens with zero attached hydrogens (tertiary/aromatic N) is 1. The molecule has 0 aromatic carbocycles. The summed E-state index contributed by atoms with van der Waals surface area (Å²) in [5.74, 6) is 0.485. The first-order valence-electron chi connectivity index (χ1n) is 4.69. The van der Waals surface area contributed by atoms with Gasteiger partial charge in [-0.2, -0.15) is 0 Å². The van der Waals surface area contributed by atoms with Gasteiger partial charge < -0.3 is 11.1 Å². The minimum atomic E-state index is -0.0851. The molecule has 14 heavy (non-hydrogen) atoms. The monoisotopic (exact) mass is 193 g/mol. The number of hydrogen-bond donors (Lipinski definition) is 2. The van der Waals surface area contributed by atoms with Crippen LogP contribution in [-0.4, -0.2) is 16.9 Å². The van der Waals surface area contributed by atoms with E-state index in [1.165, 1.54) is 0 Å². The summed E-state index contributed by atoms with van der Waals surface area (Å²) in [6.07, 6.45) is 2.78. The van der Waals surface area contributed by atoms with E-state index in [-0.39, 0.29) is 11.9 Å². The van der Waals surface area contributed by atoms with Gasteiger partial charge in [0.15, 0.2) is 0 Å². The predicted molar refractivity (Wildman–Crippen MR) is 55.8 cm³/mol. The maximum absolute atomic E-state index is 11.4. The molecule has 0 aliphatic carbocycles. The van der Waals surface area contributed by atoms with Crippen molar-refractivity contribution in [2.45, 2.75) is 25.8 Å². The van der Waals surface area contributed by atoms with Gasteiger partial charge in [-0.25, -0.2) is 4.98 Å². The fourth-order valence-electron chi connectivity index (χ4n) is 1.01. The van der Waals surface area contributed by atoms with Gasteiger partial charge in [0, 0.05) is 18.7 Å². The highest BCUT2D eigenvalue weighted by molar-refractivity contribution is 5.90. The van der Waals surface area contributed by atoms with Gasteiger partial charge in [-0.1, -0.05) is 13.0 Å². The summed E-state index contributed by atoms with van der Waals surface area (Å²) < 4.78 is 0. The molecular weight excluding hydrogens is 178 g/mol. The Morgan fingerprint density at radius 2 is 2.43 bits per heavy atom. The van der Waals surface area contributed by atoms with Crippen molar-refractivity contribution in [2.24, 2.45) is 5.73 Å². The van der Waals surface area contributed by atoms with Gasteiger partial charge >= 0.3 is 0 Å². The van der Waals surface area contributed by atoms with Crippen LogP contribution < -0.4 is 11.1 Å². The van der Waals surface area contributed by atoms with E-state index in [9.17, 15) is 4.79 Å². The first kappa shape index (κ1) is 10.7. The number of nitrogens with one attached hydrogen (secondary N) is 1. The van der Waals surface area contributed by atoms with Crippen molar-refractivity contribution < 1.29 is 4.79 Å². The third-order valence-corrected chi connectivity index (χ3v) is 1.90. The van der Waals surface area contributed by atoms with Crippen LogP contribution >= 0.6 is 0 Å². The molecule has 3 N–H and O–H groups in total. The number of carbonyl (C=O) groups is 1. The molecule has 0 saturated carbocycles. The van der Waals surface area contributed by atoms with Crippen LogP contribution in [0.5, 0.6) is 0 Å². The van der Waals surface area contributed by atoms with E-state index in [1.807, 2.05) is 13.0 Å². The number of aromatic nitrogens is 1. The lowest BCUT2D eigenvalue weighted by Crippen LogP contribution is -2.26. The zero-order valence-corrected chi connectivity index (χ0v) is 8.23. The fraction of sp³-hybridized carbons (Fsp3) is 0.400. The summed E-state index contributed by atoms with van der Waals surface area (Å²) in [4.78, 5) is 15.3. The Morgan fingerprint density at radius 3 is 3.00 bits per heavy atom. The van der Waals surface area contributed by atoms with Crippen LogP contribution in [0.2, 0.25) is 0 Å². The molecule has 4 nitrogen and oxygen atoms in total. The molecule has 0 aliphatic rings. The molecular formula is C10H15N3O. The molecule has 0 saturated heterocycles. The molecule has 4 heteroatoms. The molecule has 1 rings (SSSR count). The molecule has 1 heterocycles. The highest BCUT2D eigenvalue weighted by Gasteiger charge is 2.07. The third-order valence-electron chi connectivity index (χ3n) is 1.90. The van der Waals surface area contributed by atoms with E-state index >= 15 is 0 Å². The lowest BCUT2D eigenvalue weighted by atomic mass is 10.1. The number of nitrogens with two attached hydrogens (primary N) is 1. The van der Waals surface area contributed by atoms with Gasteiger partial charge in [-0.05, 0) is 18.6 Å². The van der Waals surface area contributed by atoms with Crippen molar-refractivity contribution in [1.29, 1.82) is 0 Å². The predicted octanol–water partition coefficient (Wildman–Crippen LogP) is 1.15. The van der Waals surface area contributed by atoms with Crippen LogP contribution in [0.4, 0.5) is 5.82 Å². The van der Waals surface area contributed by atoms with Gasteiger partial charge in [-0.3, -0.25) is 4.79 Å². The quantitative estimate of drug-likeness (QED) is 0.753. The minimum Gasteiger partial charge on any atom is -0.327 e. The van der Waals surface area contributed by atoms with Crippen molar-refractivity contribution in [3.63, 3.8) is 0 Å². The molecule has 1 atom stereocenters. The molecule has 1 unspecified atom stereocenters. The number of rotatable bonds is 4. The molecule has 0 spiro atoms. The normalized spacial score (nSPS) is 12.1. The van der Waals surface area contributed by atoms with E-state index in [4.69, 9.17) is 5.73 Å². The SMILES string of the molecule is CCC(N)CC(=O)Nc1ccccn1. The summed E-state index contributed by atoms with van der Waals surface area (Å²) in [6.45, 7) is 1.96. The summed E-state index contributed by atoms with van der Waals surface area (Å²) in [5.41, 5.74) is 5.65. The smallest absolute Gasteiger partial charge is 0.227 e. The molecule has 1 amide bonds. The van der Waals surface area contributed by atoms with Gasteiger partial charge in [0.2, 0.25) is 5.91 Å². The second-order valence-electron chi connectivity index (χ2n) is 3.14. The lowest BCUT2D eigenvalue weighted by Gasteiger charge is -2.08. The summed E-state index contributed by atoms with van der Waals surface area (Å²) in [5, 5.41) is 2.68. The highest BCUT2D eigenvalue weighted by Crippen LogP contribution is 2.02. The second-order valence-corrected chi connectivity index (χ2v) is 3.14. The average molecular weight is 193 g/mol. The Bertz CT molecular complexity index is 287. The molecule has 1 aromatic rings. The van der Waals surface area contributed by atoms with Crippen LogP contribution in [0, 0.1) is 0 Å². The topological polar surface area (TPSA) is 68.0 Å². The van der Waals surface area contributed by atoms with Gasteiger partial charge in [0.1, 0.15) is 5.82 Å². The third kappa shape index (κ3) is 3.53. The van der Waals surface area contributed by atoms with Gasteiger partial charge in [0.05, 0.1) is 0 Å². The second kappa shape index (κ2) is 5.34. The number of carbonyl (C=O) groups excluding carboxylic acids is 1. The van der Waals surface area contributed by atoms with E-state index in [0.717, 1.165) is 6.42 Å². The summed E-state index contributed by atoms with van der Waals surface area (Å²) >= 11 is 0. The summed E-state index contributed by atoms with van der Waals surface area (Å²) in [7, 11) is 0. The standard InChI is InChI=1S/C10H15N3O/c1-2-8(11)7-10(14)13-9-5-3-4-6-12-9/h3-6,8H,2,7,11H2,1H3,(H,12,13,14). The zero-order chi connectivity index (χ0) is 10.4. The van der Waals surface area contributed by atoms with E-state index in [2.05, 4.69) is 10.3 Å². The zero-order valence-electron chi connectivity index (χ0n) is 8.23. The van der Waals surface area contributed by atoms with E-state index in [0.29, 0.717) is 12.2 Å². The Kier molecular flexibility index (Phi) is 4.07. The van der Waals surface area contributed by atoms with Crippen LogP contribution in [0.15, 0.2) is 24.4 Å². The summed E-state index contributed by atoms with van der Waals surface area (Å²) in [6, 6.07) is 5.30. The molecule has 0 bridgehead atoms. The molecule has 0 radical (unpaired) electrons. The maximum atomic E-state index is 11.4. The molecule has 0 fully saturated rings. The number of anilines is 1. The first-order chi connectivity index (χ1) is 6.72. The molecule has 1 aromatic heterocycles. The van der Waals surface area contributed by atoms with E-state index in [1.54, 1.807) is 18.3 Å². The van der Waals surface area contributed by atoms with Crippen molar-refractivity contribution in [3.05, 3.63) is 24.4 Å². The van der Waals surface area contributed by atoms with Crippen molar-refractivity contribution in [1.82, 2.24) is 4.98 Å². The Morgan fingerprint density at radius 1 is 1.64 bits per heavy atom. The number of pyridine rings is 1. The lowest BCUT2D eigenvalue weighted by molar-refractivity contribution is -0.116. The van der Waals surface area contributed by atoms with Crippen molar-refractivity contribution >= 4 is 11.7 Å². The van der Waals surface area contributed by atoms with Crippen molar-refractivity contribution in [3.8, 4) is 0 Å². The Hall–Kier alpha value is -1.42. The van der Waals surface area contributed by atoms with Crippen LogP contribution in [-0.2, 0) is 4.79 Å². The number of hydrogen-bond acceptors (Lipinski definition) is 3. The minimum absolute atomic E-state index is 0.0706. The van der Waals surface area contributed by atoms with Crippen LogP contribution in [0.25, 0.3) is 0 Å². The fourth-order valence-corrected chi connectivity index (χ4v) is 1.01. The average Bonchev–Trinajstić information content (AvgIpc) is 2.19. The molecule has 0 aliphatic heterocycles. The Balaban J connectivity index is 2.42. The van der Waals surface area contributed by atoms with Crippen LogP contribution in [0.3, 0.4) is 0 Å². The van der Waals surface area contributed by atoms with Gasteiger partial charge in [-0.15, -0.1) is 0 Å². The first-order valence-corrected chi connectivity index (χ1v) is 4.69.